The average molecular weight is 593 g/mol. The van der Waals surface area contributed by atoms with Crippen LogP contribution in [0.1, 0.15) is 89.0 Å². The van der Waals surface area contributed by atoms with E-state index in [1.165, 1.54) is 0 Å². The maximum Gasteiger partial charge on any atom is 0.161 e. The lowest BCUT2D eigenvalue weighted by Crippen LogP contribution is -2.37. The van der Waals surface area contributed by atoms with Gasteiger partial charge in [-0.3, -0.25) is 10.2 Å². The van der Waals surface area contributed by atoms with Crippen LogP contribution in [0.4, 0.5) is 5.82 Å². The van der Waals surface area contributed by atoms with Crippen molar-refractivity contribution in [2.75, 3.05) is 12.8 Å². The van der Waals surface area contributed by atoms with Gasteiger partial charge in [0.1, 0.15) is 17.0 Å². The van der Waals surface area contributed by atoms with Gasteiger partial charge >= 0.3 is 0 Å². The molecule has 1 aromatic carbocycles. The number of Topliss-reactive ketones (excluding diaryl/α,β-unsaturated/α-hetero) is 1. The van der Waals surface area contributed by atoms with E-state index in [1.807, 2.05) is 39.0 Å². The molecule has 2 aromatic rings. The highest BCUT2D eigenvalue weighted by Crippen LogP contribution is 2.40. The molecule has 0 spiro atoms. The number of halogens is 1. The molecular weight excluding hydrogens is 548 g/mol. The number of aromatic nitrogens is 2. The Labute approximate surface area is 255 Å². The molecule has 9 heteroatoms. The van der Waals surface area contributed by atoms with Crippen molar-refractivity contribution in [3.05, 3.63) is 94.5 Å². The molecule has 42 heavy (non-hydrogen) atoms. The third-order valence-corrected chi connectivity index (χ3v) is 7.93. The molecule has 2 rings (SSSR count). The van der Waals surface area contributed by atoms with E-state index < -0.39 is 5.41 Å². The number of nitrogens with zero attached hydrogens (tertiary/aromatic N) is 4. The number of allylic oxidation sites excluding steroid dienone is 3. The highest BCUT2D eigenvalue weighted by molar-refractivity contribution is 6.30. The minimum absolute atomic E-state index is 0.113. The number of nitrogens with two attached hydrogens (primary N) is 1. The van der Waals surface area contributed by atoms with Gasteiger partial charge in [0, 0.05) is 39.4 Å². The van der Waals surface area contributed by atoms with Gasteiger partial charge in [0.05, 0.1) is 13.3 Å². The fourth-order valence-corrected chi connectivity index (χ4v) is 5.06. The minimum atomic E-state index is -1.28. The summed E-state index contributed by atoms with van der Waals surface area (Å²) < 4.78 is 6.13. The maximum absolute atomic E-state index is 13.5. The van der Waals surface area contributed by atoms with Crippen LogP contribution in [-0.4, -0.2) is 22.8 Å². The Kier molecular flexibility index (Phi) is 11.8. The molecule has 3 N–H and O–H groups in total. The van der Waals surface area contributed by atoms with E-state index in [0.717, 1.165) is 35.2 Å². The quantitative estimate of drug-likeness (QED) is 0.122. The standard InChI is InChI=1S/C33H45ClN6O2/c1-12-24(18-32(8,9)22(6)39-40-36-11)19-42-23(7)33(10,28(41)14-3)29-21(5)37-31(38-30(29)35)20(4)27-16-15-26(34)17-25(27)13-2/h15-17,19H,4,6-7,12-14,18H2,1-3,5,8-11H3,(H,36,39)(H2,35,37,38)/b24-19+. The lowest BCUT2D eigenvalue weighted by atomic mass is 9.75. The van der Waals surface area contributed by atoms with Gasteiger partial charge in [-0.2, -0.15) is 5.11 Å². The monoisotopic (exact) mass is 592 g/mol. The van der Waals surface area contributed by atoms with Crippen molar-refractivity contribution in [1.82, 2.24) is 15.4 Å². The minimum Gasteiger partial charge on any atom is -0.469 e. The lowest BCUT2D eigenvalue weighted by molar-refractivity contribution is -0.123. The molecule has 0 saturated heterocycles. The normalized spacial score (nSPS) is 13.5. The summed E-state index contributed by atoms with van der Waals surface area (Å²) in [6, 6.07) is 5.63. The first kappa shape index (κ1) is 34.4. The number of anilines is 1. The fourth-order valence-electron chi connectivity index (χ4n) is 4.86. The van der Waals surface area contributed by atoms with E-state index >= 15 is 0 Å². The number of carbonyl (C=O) groups excluding carboxylic acids is 1. The molecule has 0 saturated carbocycles. The van der Waals surface area contributed by atoms with Crippen molar-refractivity contribution in [2.45, 2.75) is 79.6 Å². The topological polar surface area (TPSA) is 115 Å². The number of benzene rings is 1. The molecule has 1 heterocycles. The number of hydrogen-bond donors (Lipinski definition) is 2. The van der Waals surface area contributed by atoms with Crippen molar-refractivity contribution in [3.63, 3.8) is 0 Å². The molecule has 8 nitrogen and oxygen atoms in total. The first-order valence-electron chi connectivity index (χ1n) is 14.1. The second kappa shape index (κ2) is 14.4. The van der Waals surface area contributed by atoms with E-state index in [-0.39, 0.29) is 29.2 Å². The number of carbonyl (C=O) groups is 1. The SMILES string of the molecule is C=C(c1nc(C)c(C(C)(C(=C)O/C=C(\CC)CC(C)(C)C(=C)NN=NC)C(=O)CC)c(N)n1)c1ccc(Cl)cc1CC. The first-order valence-corrected chi connectivity index (χ1v) is 14.5. The van der Waals surface area contributed by atoms with Gasteiger partial charge in [-0.05, 0) is 61.9 Å². The Morgan fingerprint density at radius 3 is 2.36 bits per heavy atom. The summed E-state index contributed by atoms with van der Waals surface area (Å²) in [4.78, 5) is 22.9. The first-order chi connectivity index (χ1) is 19.7. The number of rotatable bonds is 15. The molecular formula is C33H45ClN6O2. The van der Waals surface area contributed by atoms with Gasteiger partial charge in [0.15, 0.2) is 11.6 Å². The van der Waals surface area contributed by atoms with Gasteiger partial charge in [-0.25, -0.2) is 9.97 Å². The van der Waals surface area contributed by atoms with Gasteiger partial charge in [-0.1, -0.05) is 77.2 Å². The number of nitrogen functional groups attached to an aromatic ring is 1. The largest absolute Gasteiger partial charge is 0.469 e. The lowest BCUT2D eigenvalue weighted by Gasteiger charge is -2.32. The van der Waals surface area contributed by atoms with E-state index in [1.54, 1.807) is 27.2 Å². The summed E-state index contributed by atoms with van der Waals surface area (Å²) in [5, 5.41) is 8.21. The third kappa shape index (κ3) is 7.53. The van der Waals surface area contributed by atoms with Crippen molar-refractivity contribution in [3.8, 4) is 0 Å². The molecule has 0 aliphatic rings. The average Bonchev–Trinajstić information content (AvgIpc) is 2.95. The van der Waals surface area contributed by atoms with Crippen molar-refractivity contribution < 1.29 is 9.53 Å². The number of ether oxygens (including phenoxy) is 1. The van der Waals surface area contributed by atoms with Gasteiger partial charge in [0.25, 0.3) is 0 Å². The fraction of sp³-hybridized carbons (Fsp3) is 0.424. The number of ketones is 1. The molecule has 1 atom stereocenters. The number of hydrogen-bond acceptors (Lipinski definition) is 7. The Balaban J connectivity index is 2.49. The Hall–Kier alpha value is -3.78. The highest BCUT2D eigenvalue weighted by Gasteiger charge is 2.42. The summed E-state index contributed by atoms with van der Waals surface area (Å²) in [6.07, 6.45) is 4.04. The molecule has 226 valence electrons. The molecule has 0 bridgehead atoms. The van der Waals surface area contributed by atoms with Crippen LogP contribution >= 0.6 is 11.6 Å². The van der Waals surface area contributed by atoms with Gasteiger partial charge in [-0.15, -0.1) is 0 Å². The zero-order chi connectivity index (χ0) is 31.8. The highest BCUT2D eigenvalue weighted by atomic mass is 35.5. The van der Waals surface area contributed by atoms with Crippen LogP contribution in [-0.2, 0) is 21.4 Å². The summed E-state index contributed by atoms with van der Waals surface area (Å²) in [5.74, 6) is 0.687. The molecule has 0 aliphatic carbocycles. The summed E-state index contributed by atoms with van der Waals surface area (Å²) in [7, 11) is 1.59. The molecule has 1 unspecified atom stereocenters. The number of nitrogens with one attached hydrogen (secondary N) is 1. The van der Waals surface area contributed by atoms with E-state index in [9.17, 15) is 4.79 Å². The predicted molar refractivity (Wildman–Crippen MR) is 173 cm³/mol. The molecule has 0 radical (unpaired) electrons. The maximum atomic E-state index is 13.5. The zero-order valence-corrected chi connectivity index (χ0v) is 27.1. The Bertz CT molecular complexity index is 1400. The Morgan fingerprint density at radius 1 is 1.14 bits per heavy atom. The second-order valence-electron chi connectivity index (χ2n) is 11.0. The smallest absolute Gasteiger partial charge is 0.161 e. The molecule has 0 amide bonds. The van der Waals surface area contributed by atoms with Crippen molar-refractivity contribution in [2.24, 2.45) is 15.8 Å². The molecule has 0 aliphatic heterocycles. The third-order valence-electron chi connectivity index (χ3n) is 7.69. The van der Waals surface area contributed by atoms with Gasteiger partial charge in [0.2, 0.25) is 0 Å². The van der Waals surface area contributed by atoms with Crippen molar-refractivity contribution >= 4 is 28.8 Å². The predicted octanol–water partition coefficient (Wildman–Crippen LogP) is 8.22. The van der Waals surface area contributed by atoms with Crippen LogP contribution in [0.15, 0.2) is 71.6 Å². The van der Waals surface area contributed by atoms with Crippen LogP contribution < -0.4 is 11.2 Å². The summed E-state index contributed by atoms with van der Waals surface area (Å²) in [6.45, 7) is 26.1. The summed E-state index contributed by atoms with van der Waals surface area (Å²) in [5.41, 5.74) is 13.1. The van der Waals surface area contributed by atoms with E-state index in [2.05, 4.69) is 54.3 Å². The van der Waals surface area contributed by atoms with Crippen LogP contribution in [0.5, 0.6) is 0 Å². The van der Waals surface area contributed by atoms with E-state index in [4.69, 9.17) is 27.1 Å². The van der Waals surface area contributed by atoms with Crippen LogP contribution in [0.2, 0.25) is 5.02 Å². The molecule has 0 fully saturated rings. The van der Waals surface area contributed by atoms with Crippen LogP contribution in [0.3, 0.4) is 0 Å². The van der Waals surface area contributed by atoms with Crippen LogP contribution in [0.25, 0.3) is 5.57 Å². The second-order valence-corrected chi connectivity index (χ2v) is 11.5. The van der Waals surface area contributed by atoms with Crippen molar-refractivity contribution in [1.29, 1.82) is 0 Å². The van der Waals surface area contributed by atoms with E-state index in [0.29, 0.717) is 34.1 Å². The van der Waals surface area contributed by atoms with Gasteiger partial charge < -0.3 is 10.5 Å². The summed E-state index contributed by atoms with van der Waals surface area (Å²) >= 11 is 6.21. The Morgan fingerprint density at radius 2 is 1.81 bits per heavy atom. The number of aryl methyl sites for hydroxylation is 2. The zero-order valence-electron chi connectivity index (χ0n) is 26.3. The molecule has 1 aromatic heterocycles. The van der Waals surface area contributed by atoms with Crippen LogP contribution in [0, 0.1) is 12.3 Å².